The van der Waals surface area contributed by atoms with Crippen LogP contribution in [0.5, 0.6) is 0 Å². The van der Waals surface area contributed by atoms with Crippen LogP contribution in [0, 0.1) is 0 Å². The van der Waals surface area contributed by atoms with Gasteiger partial charge in [-0.25, -0.2) is 18.2 Å². The first-order valence-corrected chi connectivity index (χ1v) is 16.1. The number of aromatic nitrogens is 4. The molecule has 3 heterocycles. The van der Waals surface area contributed by atoms with E-state index in [0.717, 1.165) is 49.7 Å². The number of piperidine rings is 1. The van der Waals surface area contributed by atoms with E-state index in [1.165, 1.54) is 41.4 Å². The van der Waals surface area contributed by atoms with Crippen molar-refractivity contribution in [2.75, 3.05) is 23.7 Å². The minimum absolute atomic E-state index is 0. The number of nitrogens with zero attached hydrogens (tertiary/aromatic N) is 5. The molecule has 2 saturated carbocycles. The monoisotopic (exact) mass is 654 g/mol. The summed E-state index contributed by atoms with van der Waals surface area (Å²) in [7, 11) is -3.72. The number of rotatable bonds is 8. The van der Waals surface area contributed by atoms with E-state index in [2.05, 4.69) is 15.2 Å². The van der Waals surface area contributed by atoms with Crippen LogP contribution in [0.25, 0.3) is 11.2 Å². The molecule has 12 nitrogen and oxygen atoms in total. The van der Waals surface area contributed by atoms with Crippen LogP contribution in [-0.2, 0) is 10.0 Å². The number of nitrogens with two attached hydrogens (primary N) is 1. The molecule has 2 aliphatic carbocycles. The van der Waals surface area contributed by atoms with Gasteiger partial charge in [-0.2, -0.15) is 14.3 Å². The molecule has 3 aromatic rings. The zero-order valence-corrected chi connectivity index (χ0v) is 26.3. The van der Waals surface area contributed by atoms with E-state index in [1.807, 2.05) is 6.33 Å². The van der Waals surface area contributed by atoms with E-state index < -0.39 is 16.0 Å². The van der Waals surface area contributed by atoms with Crippen molar-refractivity contribution in [1.29, 1.82) is 0 Å². The lowest BCUT2D eigenvalue weighted by Crippen LogP contribution is -2.42. The molecule has 0 spiro atoms. The zero-order valence-electron chi connectivity index (χ0n) is 23.9. The van der Waals surface area contributed by atoms with E-state index in [9.17, 15) is 13.2 Å². The first kappa shape index (κ1) is 33.2. The second kappa shape index (κ2) is 13.9. The molecule has 43 heavy (non-hydrogen) atoms. The van der Waals surface area contributed by atoms with Crippen molar-refractivity contribution in [1.82, 2.24) is 23.8 Å². The molecule has 15 heteroatoms. The highest BCUT2D eigenvalue weighted by Gasteiger charge is 2.31. The fourth-order valence-electron chi connectivity index (χ4n) is 6.33. The van der Waals surface area contributed by atoms with E-state index in [-0.39, 0.29) is 53.4 Å². The third-order valence-electron chi connectivity index (χ3n) is 8.78. The maximum absolute atomic E-state index is 13.2. The van der Waals surface area contributed by atoms with Crippen LogP contribution in [0.3, 0.4) is 0 Å². The van der Waals surface area contributed by atoms with Crippen LogP contribution in [0.2, 0.25) is 0 Å². The summed E-state index contributed by atoms with van der Waals surface area (Å²) in [6.45, 7) is 0.692. The normalized spacial score (nSPS) is 22.1. The van der Waals surface area contributed by atoms with Gasteiger partial charge in [-0.15, -0.1) is 24.8 Å². The number of halogens is 2. The summed E-state index contributed by atoms with van der Waals surface area (Å²) in [6.07, 6.45) is 11.7. The summed E-state index contributed by atoms with van der Waals surface area (Å²) < 4.78 is 30.1. The van der Waals surface area contributed by atoms with Crippen molar-refractivity contribution in [2.24, 2.45) is 5.73 Å². The number of carboxylic acids is 1. The Balaban J connectivity index is 0.00000212. The van der Waals surface area contributed by atoms with Crippen molar-refractivity contribution in [2.45, 2.75) is 93.3 Å². The van der Waals surface area contributed by atoms with Gasteiger partial charge in [-0.1, -0.05) is 12.8 Å². The number of sulfonamides is 1. The van der Waals surface area contributed by atoms with Crippen molar-refractivity contribution in [3.63, 3.8) is 0 Å². The van der Waals surface area contributed by atoms with Gasteiger partial charge in [0.15, 0.2) is 17.0 Å². The van der Waals surface area contributed by atoms with E-state index in [4.69, 9.17) is 25.8 Å². The molecule has 1 aromatic carbocycles. The van der Waals surface area contributed by atoms with Crippen molar-refractivity contribution in [3.8, 4) is 0 Å². The second-order valence-corrected chi connectivity index (χ2v) is 13.5. The van der Waals surface area contributed by atoms with Crippen LogP contribution in [0.15, 0.2) is 35.5 Å². The molecule has 236 valence electrons. The third kappa shape index (κ3) is 7.17. The van der Waals surface area contributed by atoms with Crippen LogP contribution in [-0.4, -0.2) is 74.5 Å². The molecule has 0 unspecified atom stereocenters. The quantitative estimate of drug-likeness (QED) is 0.273. The number of aromatic carboxylic acids is 1. The standard InChI is InChI=1S/C28H38N8O4S.2ClH/c29-19-7-9-20(10-8-19)32-28-33-25(24-26(34-28)36(17-30-24)22-3-1-2-4-22)31-21-13-15-35(16-14-21)41(39,40)23-11-5-18(6-12-23)27(37)38;;/h5-6,11-12,17,19-22H,1-4,7-10,13-16,29H2,(H,37,38)(H2,31,32,33,34);2*1H. The van der Waals surface area contributed by atoms with Gasteiger partial charge in [0, 0.05) is 37.3 Å². The minimum Gasteiger partial charge on any atom is -0.478 e. The SMILES string of the molecule is Cl.Cl.NC1CCC(Nc2nc(NC3CCN(S(=O)(=O)c4ccc(C(=O)O)cc4)CC3)c3ncn(C4CCCC4)c3n2)CC1. The van der Waals surface area contributed by atoms with Gasteiger partial charge in [0.1, 0.15) is 0 Å². The Kier molecular flexibility index (Phi) is 10.8. The van der Waals surface area contributed by atoms with Gasteiger partial charge in [0.25, 0.3) is 0 Å². The predicted molar refractivity (Wildman–Crippen MR) is 170 cm³/mol. The van der Waals surface area contributed by atoms with Crippen molar-refractivity contribution >= 4 is 63.7 Å². The van der Waals surface area contributed by atoms with Crippen LogP contribution < -0.4 is 16.4 Å². The predicted octanol–water partition coefficient (Wildman–Crippen LogP) is 4.43. The Morgan fingerprint density at radius 2 is 1.51 bits per heavy atom. The summed E-state index contributed by atoms with van der Waals surface area (Å²) in [5.74, 6) is 0.173. The molecule has 0 radical (unpaired) electrons. The van der Waals surface area contributed by atoms with Crippen LogP contribution in [0.1, 0.15) is 80.6 Å². The summed E-state index contributed by atoms with van der Waals surface area (Å²) in [4.78, 5) is 25.8. The van der Waals surface area contributed by atoms with Gasteiger partial charge in [0.05, 0.1) is 16.8 Å². The number of hydrogen-bond acceptors (Lipinski definition) is 9. The highest BCUT2D eigenvalue weighted by molar-refractivity contribution is 7.89. The highest BCUT2D eigenvalue weighted by atomic mass is 35.5. The lowest BCUT2D eigenvalue weighted by atomic mass is 9.92. The largest absolute Gasteiger partial charge is 0.478 e. The van der Waals surface area contributed by atoms with Crippen molar-refractivity contribution in [3.05, 3.63) is 36.2 Å². The number of anilines is 2. The lowest BCUT2D eigenvalue weighted by Gasteiger charge is -2.32. The van der Waals surface area contributed by atoms with Gasteiger partial charge >= 0.3 is 5.97 Å². The number of imidazole rings is 1. The molecule has 6 rings (SSSR count). The number of benzene rings is 1. The summed E-state index contributed by atoms with van der Waals surface area (Å²) >= 11 is 0. The molecule has 0 amide bonds. The van der Waals surface area contributed by atoms with Gasteiger partial charge < -0.3 is 26.0 Å². The maximum Gasteiger partial charge on any atom is 0.335 e. The molecule has 1 aliphatic heterocycles. The van der Waals surface area contributed by atoms with E-state index in [0.29, 0.717) is 43.7 Å². The smallest absolute Gasteiger partial charge is 0.335 e. The minimum atomic E-state index is -3.72. The third-order valence-corrected chi connectivity index (χ3v) is 10.7. The molecule has 1 saturated heterocycles. The number of carbonyl (C=O) groups is 1. The number of fused-ring (bicyclic) bond motifs is 1. The second-order valence-electron chi connectivity index (χ2n) is 11.6. The van der Waals surface area contributed by atoms with E-state index in [1.54, 1.807) is 0 Å². The fraction of sp³-hybridized carbons (Fsp3) is 0.571. The first-order valence-electron chi connectivity index (χ1n) is 14.6. The summed E-state index contributed by atoms with van der Waals surface area (Å²) in [5, 5.41) is 16.2. The number of carboxylic acid groups (broad SMARTS) is 1. The molecule has 2 aromatic heterocycles. The van der Waals surface area contributed by atoms with Crippen LogP contribution in [0.4, 0.5) is 11.8 Å². The zero-order chi connectivity index (χ0) is 28.6. The topological polar surface area (TPSA) is 168 Å². The Morgan fingerprint density at radius 1 is 0.884 bits per heavy atom. The highest BCUT2D eigenvalue weighted by Crippen LogP contribution is 2.34. The number of nitrogens with one attached hydrogen (secondary N) is 2. The summed E-state index contributed by atoms with van der Waals surface area (Å²) in [5.41, 5.74) is 7.73. The van der Waals surface area contributed by atoms with Gasteiger partial charge in [-0.3, -0.25) is 0 Å². The number of hydrogen-bond donors (Lipinski definition) is 4. The van der Waals surface area contributed by atoms with Crippen LogP contribution >= 0.6 is 24.8 Å². The Hall–Kier alpha value is -2.71. The molecular formula is C28H40Cl2N8O4S. The summed E-state index contributed by atoms with van der Waals surface area (Å²) in [6, 6.07) is 6.31. The molecule has 0 bridgehead atoms. The van der Waals surface area contributed by atoms with Crippen molar-refractivity contribution < 1.29 is 18.3 Å². The molecule has 5 N–H and O–H groups in total. The first-order chi connectivity index (χ1) is 19.8. The Morgan fingerprint density at radius 3 is 2.14 bits per heavy atom. The van der Waals surface area contributed by atoms with Gasteiger partial charge in [-0.05, 0) is 75.6 Å². The fourth-order valence-corrected chi connectivity index (χ4v) is 7.80. The maximum atomic E-state index is 13.2. The molecule has 0 atom stereocenters. The lowest BCUT2D eigenvalue weighted by molar-refractivity contribution is 0.0696. The van der Waals surface area contributed by atoms with E-state index >= 15 is 0 Å². The molecule has 3 fully saturated rings. The molecule has 3 aliphatic rings. The average molecular weight is 656 g/mol. The van der Waals surface area contributed by atoms with Gasteiger partial charge in [0.2, 0.25) is 16.0 Å². The Labute approximate surface area is 264 Å². The average Bonchev–Trinajstić information content (AvgIpc) is 3.65. The Bertz CT molecular complexity index is 1500. The molecular weight excluding hydrogens is 615 g/mol.